The molecule has 6 nitrogen and oxygen atoms in total. The average Bonchev–Trinajstić information content (AvgIpc) is 2.96. The Kier molecular flexibility index (Phi) is 7.15. The molecule has 1 N–H and O–H groups in total. The van der Waals surface area contributed by atoms with Crippen LogP contribution in [0.1, 0.15) is 19.0 Å². The second-order valence-electron chi connectivity index (χ2n) is 6.18. The first-order valence-corrected chi connectivity index (χ1v) is 11.6. The summed E-state index contributed by atoms with van der Waals surface area (Å²) in [5.74, 6) is -0.148. The molecule has 0 spiro atoms. The minimum atomic E-state index is -1.05. The first-order chi connectivity index (χ1) is 14.0. The molecule has 1 aliphatic rings. The van der Waals surface area contributed by atoms with Crippen LogP contribution in [0.25, 0.3) is 17.0 Å². The SMILES string of the molecule is CCOc1cccc2ccc(C=C3SC(=S)N(C(CCSC)C(=O)O)C3=O)nc12. The number of carbonyl (C=O) groups excluding carboxylic acids is 1. The highest BCUT2D eigenvalue weighted by Gasteiger charge is 2.40. The molecule has 1 unspecified atom stereocenters. The van der Waals surface area contributed by atoms with Crippen LogP contribution >= 0.6 is 35.7 Å². The lowest BCUT2D eigenvalue weighted by atomic mass is 10.1. The number of amides is 1. The van der Waals surface area contributed by atoms with Crippen molar-refractivity contribution < 1.29 is 19.4 Å². The smallest absolute Gasteiger partial charge is 0.326 e. The third kappa shape index (κ3) is 4.73. The normalized spacial score (nSPS) is 16.6. The van der Waals surface area contributed by atoms with Crippen molar-refractivity contribution >= 4 is 68.9 Å². The standard InChI is InChI=1S/C20H20N2O4S3/c1-3-26-15-6-4-5-12-7-8-13(21-17(12)15)11-16-18(23)22(20(27)29-16)14(19(24)25)9-10-28-2/h4-8,11,14H,3,9-10H2,1-2H3,(H,24,25). The molecule has 2 heterocycles. The van der Waals surface area contributed by atoms with Gasteiger partial charge in [0.25, 0.3) is 5.91 Å². The first-order valence-electron chi connectivity index (χ1n) is 8.97. The predicted molar refractivity (Wildman–Crippen MR) is 122 cm³/mol. The van der Waals surface area contributed by atoms with Gasteiger partial charge in [0, 0.05) is 5.39 Å². The number of para-hydroxylation sites is 1. The summed E-state index contributed by atoms with van der Waals surface area (Å²) in [7, 11) is 0. The van der Waals surface area contributed by atoms with Crippen LogP contribution in [0, 0.1) is 0 Å². The van der Waals surface area contributed by atoms with Gasteiger partial charge in [-0.3, -0.25) is 9.69 Å². The van der Waals surface area contributed by atoms with Crippen molar-refractivity contribution in [2.45, 2.75) is 19.4 Å². The molecule has 0 saturated carbocycles. The van der Waals surface area contributed by atoms with E-state index in [4.69, 9.17) is 17.0 Å². The van der Waals surface area contributed by atoms with Gasteiger partial charge in [0.1, 0.15) is 21.6 Å². The van der Waals surface area contributed by atoms with E-state index in [9.17, 15) is 14.7 Å². The topological polar surface area (TPSA) is 79.7 Å². The Labute approximate surface area is 182 Å². The number of carboxylic acids is 1. The summed E-state index contributed by atoms with van der Waals surface area (Å²) in [6.07, 6.45) is 3.88. The molecular weight excluding hydrogens is 428 g/mol. The fourth-order valence-corrected chi connectivity index (χ4v) is 4.76. The lowest BCUT2D eigenvalue weighted by Crippen LogP contribution is -2.44. The zero-order valence-electron chi connectivity index (χ0n) is 16.0. The van der Waals surface area contributed by atoms with Crippen molar-refractivity contribution in [2.24, 2.45) is 0 Å². The van der Waals surface area contributed by atoms with Gasteiger partial charge in [-0.05, 0) is 43.6 Å². The van der Waals surface area contributed by atoms with Gasteiger partial charge in [-0.2, -0.15) is 11.8 Å². The first kappa shape index (κ1) is 21.6. The van der Waals surface area contributed by atoms with Crippen LogP contribution in [0.15, 0.2) is 35.2 Å². The molecule has 1 aromatic carbocycles. The van der Waals surface area contributed by atoms with Crippen LogP contribution in [0.4, 0.5) is 0 Å². The van der Waals surface area contributed by atoms with Crippen LogP contribution in [0.2, 0.25) is 0 Å². The third-order valence-corrected chi connectivity index (χ3v) is 6.27. The van der Waals surface area contributed by atoms with Crippen LogP contribution < -0.4 is 4.74 Å². The average molecular weight is 449 g/mol. The Hall–Kier alpha value is -2.10. The Morgan fingerprint density at radius 3 is 2.90 bits per heavy atom. The maximum atomic E-state index is 12.9. The van der Waals surface area contributed by atoms with Gasteiger partial charge in [0.2, 0.25) is 0 Å². The quantitative estimate of drug-likeness (QED) is 0.479. The van der Waals surface area contributed by atoms with E-state index in [2.05, 4.69) is 4.98 Å². The van der Waals surface area contributed by atoms with Crippen LogP contribution in [0.5, 0.6) is 5.75 Å². The van der Waals surface area contributed by atoms with Crippen molar-refractivity contribution in [3.05, 3.63) is 40.9 Å². The molecule has 0 bridgehead atoms. The number of fused-ring (bicyclic) bond motifs is 1. The maximum absolute atomic E-state index is 12.9. The fraction of sp³-hybridized carbons (Fsp3) is 0.300. The molecule has 1 aliphatic heterocycles. The lowest BCUT2D eigenvalue weighted by molar-refractivity contribution is -0.145. The molecule has 0 radical (unpaired) electrons. The van der Waals surface area contributed by atoms with Crippen LogP contribution in [-0.2, 0) is 9.59 Å². The highest BCUT2D eigenvalue weighted by molar-refractivity contribution is 8.26. The zero-order valence-corrected chi connectivity index (χ0v) is 18.4. The minimum absolute atomic E-state index is 0.255. The van der Waals surface area contributed by atoms with Crippen molar-refractivity contribution in [1.29, 1.82) is 0 Å². The summed E-state index contributed by atoms with van der Waals surface area (Å²) < 4.78 is 5.90. The molecule has 1 fully saturated rings. The summed E-state index contributed by atoms with van der Waals surface area (Å²) >= 11 is 7.94. The highest BCUT2D eigenvalue weighted by atomic mass is 32.2. The monoisotopic (exact) mass is 448 g/mol. The van der Waals surface area contributed by atoms with Crippen LogP contribution in [0.3, 0.4) is 0 Å². The van der Waals surface area contributed by atoms with Gasteiger partial charge in [-0.15, -0.1) is 0 Å². The number of ether oxygens (including phenoxy) is 1. The number of aromatic nitrogens is 1. The molecular formula is C20H20N2O4S3. The van der Waals surface area contributed by atoms with Gasteiger partial charge in [0.05, 0.1) is 17.2 Å². The molecule has 1 atom stereocenters. The van der Waals surface area contributed by atoms with E-state index in [0.29, 0.717) is 40.6 Å². The predicted octanol–water partition coefficient (Wildman–Crippen LogP) is 4.04. The van der Waals surface area contributed by atoms with Gasteiger partial charge in [-0.25, -0.2) is 9.78 Å². The number of pyridine rings is 1. The third-order valence-electron chi connectivity index (χ3n) is 4.30. The summed E-state index contributed by atoms with van der Waals surface area (Å²) in [6.45, 7) is 2.43. The number of rotatable bonds is 8. The van der Waals surface area contributed by atoms with E-state index < -0.39 is 17.9 Å². The molecule has 1 amide bonds. The highest BCUT2D eigenvalue weighted by Crippen LogP contribution is 2.35. The second kappa shape index (κ2) is 9.60. The summed E-state index contributed by atoms with van der Waals surface area (Å²) in [4.78, 5) is 30.8. The number of benzene rings is 1. The van der Waals surface area contributed by atoms with Gasteiger partial charge in [-0.1, -0.05) is 42.2 Å². The molecule has 2 aromatic rings. The summed E-state index contributed by atoms with van der Waals surface area (Å²) in [5, 5.41) is 10.5. The number of carboxylic acid groups (broad SMARTS) is 1. The van der Waals surface area contributed by atoms with E-state index in [1.807, 2.05) is 43.5 Å². The number of nitrogens with zero attached hydrogens (tertiary/aromatic N) is 2. The Morgan fingerprint density at radius 2 is 2.21 bits per heavy atom. The molecule has 1 saturated heterocycles. The number of hydrogen-bond acceptors (Lipinski definition) is 7. The number of carbonyl (C=O) groups is 2. The largest absolute Gasteiger partial charge is 0.492 e. The molecule has 1 aromatic heterocycles. The summed E-state index contributed by atoms with van der Waals surface area (Å²) in [5.41, 5.74) is 1.29. The number of thiocarbonyl (C=S) groups is 1. The molecule has 0 aliphatic carbocycles. The Bertz CT molecular complexity index is 993. The Morgan fingerprint density at radius 1 is 1.41 bits per heavy atom. The van der Waals surface area contributed by atoms with Gasteiger partial charge >= 0.3 is 5.97 Å². The Balaban J connectivity index is 1.92. The van der Waals surface area contributed by atoms with Crippen molar-refractivity contribution in [2.75, 3.05) is 18.6 Å². The fourth-order valence-electron chi connectivity index (χ4n) is 2.96. The van der Waals surface area contributed by atoms with Crippen LogP contribution in [-0.4, -0.2) is 55.8 Å². The van der Waals surface area contributed by atoms with Crippen molar-refractivity contribution in [3.8, 4) is 5.75 Å². The second-order valence-corrected chi connectivity index (χ2v) is 8.85. The van der Waals surface area contributed by atoms with Gasteiger partial charge < -0.3 is 9.84 Å². The maximum Gasteiger partial charge on any atom is 0.326 e. The van der Waals surface area contributed by atoms with E-state index in [1.54, 1.807) is 6.08 Å². The molecule has 152 valence electrons. The van der Waals surface area contributed by atoms with E-state index >= 15 is 0 Å². The van der Waals surface area contributed by atoms with E-state index in [1.165, 1.54) is 16.7 Å². The van der Waals surface area contributed by atoms with Crippen molar-refractivity contribution in [3.63, 3.8) is 0 Å². The lowest BCUT2D eigenvalue weighted by Gasteiger charge is -2.22. The summed E-state index contributed by atoms with van der Waals surface area (Å²) in [6, 6.07) is 8.46. The number of aliphatic carboxylic acids is 1. The van der Waals surface area contributed by atoms with Gasteiger partial charge in [0.15, 0.2) is 0 Å². The minimum Gasteiger partial charge on any atom is -0.492 e. The molecule has 9 heteroatoms. The number of thioether (sulfide) groups is 2. The van der Waals surface area contributed by atoms with E-state index in [-0.39, 0.29) is 4.32 Å². The zero-order chi connectivity index (χ0) is 21.0. The molecule has 29 heavy (non-hydrogen) atoms. The molecule has 3 rings (SSSR count). The number of hydrogen-bond donors (Lipinski definition) is 1. The van der Waals surface area contributed by atoms with Crippen molar-refractivity contribution in [1.82, 2.24) is 9.88 Å². The van der Waals surface area contributed by atoms with E-state index in [0.717, 1.165) is 17.1 Å².